The molecule has 1 aliphatic rings. The van der Waals surface area contributed by atoms with Gasteiger partial charge in [-0.05, 0) is 48.3 Å². The van der Waals surface area contributed by atoms with E-state index in [9.17, 15) is 15.0 Å². The predicted octanol–water partition coefficient (Wildman–Crippen LogP) is 3.35. The zero-order chi connectivity index (χ0) is 16.5. The summed E-state index contributed by atoms with van der Waals surface area (Å²) in [6, 6.07) is 4.40. The molecular formula is C17H24ClNO3. The van der Waals surface area contributed by atoms with Crippen LogP contribution >= 0.6 is 11.6 Å². The molecule has 0 aromatic heterocycles. The van der Waals surface area contributed by atoms with Crippen molar-refractivity contribution in [2.45, 2.75) is 46.1 Å². The number of amides is 1. The number of rotatable bonds is 3. The molecular weight excluding hydrogens is 302 g/mol. The van der Waals surface area contributed by atoms with E-state index < -0.39 is 0 Å². The van der Waals surface area contributed by atoms with Crippen LogP contribution in [0.4, 0.5) is 0 Å². The van der Waals surface area contributed by atoms with Crippen molar-refractivity contribution in [1.82, 2.24) is 5.32 Å². The third kappa shape index (κ3) is 4.14. The Kier molecular flexibility index (Phi) is 4.73. The first kappa shape index (κ1) is 17.1. The molecule has 1 fully saturated rings. The van der Waals surface area contributed by atoms with Gasteiger partial charge in [-0.15, -0.1) is 0 Å². The van der Waals surface area contributed by atoms with Crippen LogP contribution in [0, 0.1) is 10.8 Å². The minimum atomic E-state index is -0.348. The minimum Gasteiger partial charge on any atom is -0.507 e. The Hall–Kier alpha value is -1.26. The average Bonchev–Trinajstić information content (AvgIpc) is 2.36. The monoisotopic (exact) mass is 325 g/mol. The first-order valence-corrected chi connectivity index (χ1v) is 7.93. The minimum absolute atomic E-state index is 0.0509. The number of hydrogen-bond acceptors (Lipinski definition) is 3. The number of aliphatic hydroxyl groups is 1. The van der Waals surface area contributed by atoms with E-state index in [1.165, 1.54) is 18.2 Å². The van der Waals surface area contributed by atoms with Crippen molar-refractivity contribution < 1.29 is 15.0 Å². The molecule has 1 saturated carbocycles. The van der Waals surface area contributed by atoms with Crippen LogP contribution in [0.15, 0.2) is 18.2 Å². The molecule has 4 nitrogen and oxygen atoms in total. The van der Waals surface area contributed by atoms with Gasteiger partial charge in [0.2, 0.25) is 0 Å². The second-order valence-electron chi connectivity index (χ2n) is 7.56. The third-order valence-corrected chi connectivity index (χ3v) is 4.54. The van der Waals surface area contributed by atoms with E-state index in [4.69, 9.17) is 11.6 Å². The molecule has 122 valence electrons. The lowest BCUT2D eigenvalue weighted by molar-refractivity contribution is -0.00840. The lowest BCUT2D eigenvalue weighted by atomic mass is 9.63. The van der Waals surface area contributed by atoms with Gasteiger partial charge in [-0.25, -0.2) is 0 Å². The first-order valence-electron chi connectivity index (χ1n) is 7.55. The SMILES string of the molecule is CC1(C)C[C@H](O)C[C@](C)(CNC(=O)c2cc(Cl)ccc2O)C1. The summed E-state index contributed by atoms with van der Waals surface area (Å²) in [6.45, 7) is 6.81. The van der Waals surface area contributed by atoms with Gasteiger partial charge in [-0.2, -0.15) is 0 Å². The molecule has 2 rings (SSSR count). The number of aromatic hydroxyl groups is 1. The predicted molar refractivity (Wildman–Crippen MR) is 87.2 cm³/mol. The third-order valence-electron chi connectivity index (χ3n) is 4.30. The van der Waals surface area contributed by atoms with Gasteiger partial charge in [-0.1, -0.05) is 32.4 Å². The molecule has 0 bridgehead atoms. The van der Waals surface area contributed by atoms with Crippen LogP contribution in [-0.4, -0.2) is 28.8 Å². The molecule has 0 heterocycles. The highest BCUT2D eigenvalue weighted by atomic mass is 35.5. The van der Waals surface area contributed by atoms with Crippen molar-refractivity contribution in [3.63, 3.8) is 0 Å². The largest absolute Gasteiger partial charge is 0.507 e. The molecule has 0 aliphatic heterocycles. The molecule has 1 aromatic rings. The molecule has 3 N–H and O–H groups in total. The molecule has 22 heavy (non-hydrogen) atoms. The van der Waals surface area contributed by atoms with Crippen molar-refractivity contribution in [3.05, 3.63) is 28.8 Å². The highest BCUT2D eigenvalue weighted by Gasteiger charge is 2.40. The number of phenols is 1. The Balaban J connectivity index is 2.05. The summed E-state index contributed by atoms with van der Waals surface area (Å²) in [5.41, 5.74) is 0.0621. The summed E-state index contributed by atoms with van der Waals surface area (Å²) in [5.74, 6) is -0.435. The van der Waals surface area contributed by atoms with E-state index in [2.05, 4.69) is 26.1 Å². The molecule has 5 heteroatoms. The van der Waals surface area contributed by atoms with Gasteiger partial charge < -0.3 is 15.5 Å². The van der Waals surface area contributed by atoms with Crippen LogP contribution in [0.1, 0.15) is 50.4 Å². The van der Waals surface area contributed by atoms with Crippen molar-refractivity contribution in [2.75, 3.05) is 6.54 Å². The van der Waals surface area contributed by atoms with E-state index in [1.807, 2.05) is 0 Å². The molecule has 1 aromatic carbocycles. The maximum atomic E-state index is 12.3. The van der Waals surface area contributed by atoms with Crippen LogP contribution in [0.3, 0.4) is 0 Å². The summed E-state index contributed by atoms with van der Waals surface area (Å²) >= 11 is 5.87. The first-order chi connectivity index (χ1) is 10.1. The second kappa shape index (κ2) is 6.09. The standard InChI is InChI=1S/C17H24ClNO3/c1-16(2)7-12(20)8-17(3,9-16)10-19-15(22)13-6-11(18)4-5-14(13)21/h4-6,12,20-21H,7-10H2,1-3H3,(H,19,22)/t12-,17-/m0/s1. The van der Waals surface area contributed by atoms with Gasteiger partial charge in [-0.3, -0.25) is 4.79 Å². The number of nitrogens with one attached hydrogen (secondary N) is 1. The molecule has 2 atom stereocenters. The summed E-state index contributed by atoms with van der Waals surface area (Å²) in [5, 5.41) is 23.1. The highest BCUT2D eigenvalue weighted by Crippen LogP contribution is 2.45. The Bertz CT molecular complexity index is 573. The molecule has 1 amide bonds. The fraction of sp³-hybridized carbons (Fsp3) is 0.588. The Labute approximate surface area is 136 Å². The van der Waals surface area contributed by atoms with Gasteiger partial charge in [0.25, 0.3) is 5.91 Å². The van der Waals surface area contributed by atoms with Gasteiger partial charge in [0.1, 0.15) is 5.75 Å². The highest BCUT2D eigenvalue weighted by molar-refractivity contribution is 6.31. The molecule has 0 spiro atoms. The van der Waals surface area contributed by atoms with Gasteiger partial charge in [0.05, 0.1) is 11.7 Å². The summed E-state index contributed by atoms with van der Waals surface area (Å²) in [6.07, 6.45) is 2.04. The second-order valence-corrected chi connectivity index (χ2v) is 7.99. The molecule has 0 unspecified atom stereocenters. The number of carbonyl (C=O) groups excluding carboxylic acids is 1. The van der Waals surface area contributed by atoms with Crippen molar-refractivity contribution in [1.29, 1.82) is 0 Å². The maximum Gasteiger partial charge on any atom is 0.255 e. The zero-order valence-corrected chi connectivity index (χ0v) is 14.1. The van der Waals surface area contributed by atoms with E-state index in [1.54, 1.807) is 0 Å². The van der Waals surface area contributed by atoms with Crippen LogP contribution in [0.2, 0.25) is 5.02 Å². The van der Waals surface area contributed by atoms with Crippen LogP contribution in [0.25, 0.3) is 0 Å². The zero-order valence-electron chi connectivity index (χ0n) is 13.3. The summed E-state index contributed by atoms with van der Waals surface area (Å²) in [4.78, 5) is 12.3. The van der Waals surface area contributed by atoms with Crippen molar-refractivity contribution >= 4 is 17.5 Å². The van der Waals surface area contributed by atoms with Gasteiger partial charge in [0, 0.05) is 11.6 Å². The van der Waals surface area contributed by atoms with Gasteiger partial charge >= 0.3 is 0 Å². The van der Waals surface area contributed by atoms with Crippen LogP contribution in [0.5, 0.6) is 5.75 Å². The fourth-order valence-electron chi connectivity index (χ4n) is 3.79. The van der Waals surface area contributed by atoms with E-state index in [-0.39, 0.29) is 34.2 Å². The lowest BCUT2D eigenvalue weighted by Gasteiger charge is -2.45. The normalized spacial score (nSPS) is 27.4. The summed E-state index contributed by atoms with van der Waals surface area (Å²) in [7, 11) is 0. The van der Waals surface area contributed by atoms with Gasteiger partial charge in [0.15, 0.2) is 0 Å². The smallest absolute Gasteiger partial charge is 0.255 e. The lowest BCUT2D eigenvalue weighted by Crippen LogP contribution is -2.45. The number of aliphatic hydroxyl groups excluding tert-OH is 1. The number of benzene rings is 1. The molecule has 0 radical (unpaired) electrons. The molecule has 0 saturated heterocycles. The van der Waals surface area contributed by atoms with Crippen molar-refractivity contribution in [3.8, 4) is 5.75 Å². The maximum absolute atomic E-state index is 12.3. The van der Waals surface area contributed by atoms with E-state index in [0.717, 1.165) is 12.8 Å². The quantitative estimate of drug-likeness (QED) is 0.798. The average molecular weight is 326 g/mol. The topological polar surface area (TPSA) is 69.6 Å². The Morgan fingerprint density at radius 3 is 2.68 bits per heavy atom. The Morgan fingerprint density at radius 1 is 1.36 bits per heavy atom. The molecule has 1 aliphatic carbocycles. The fourth-order valence-corrected chi connectivity index (χ4v) is 3.96. The number of hydrogen-bond donors (Lipinski definition) is 3. The van der Waals surface area contributed by atoms with Crippen molar-refractivity contribution in [2.24, 2.45) is 10.8 Å². The number of phenolic OH excluding ortho intramolecular Hbond substituents is 1. The van der Waals surface area contributed by atoms with E-state index >= 15 is 0 Å². The number of halogens is 1. The van der Waals surface area contributed by atoms with Crippen LogP contribution < -0.4 is 5.32 Å². The number of carbonyl (C=O) groups is 1. The Morgan fingerprint density at radius 2 is 2.05 bits per heavy atom. The van der Waals surface area contributed by atoms with E-state index in [0.29, 0.717) is 18.0 Å². The van der Waals surface area contributed by atoms with Crippen LogP contribution in [-0.2, 0) is 0 Å². The summed E-state index contributed by atoms with van der Waals surface area (Å²) < 4.78 is 0.